The van der Waals surface area contributed by atoms with E-state index in [1.54, 1.807) is 67.8 Å². The number of aliphatic hydroxyl groups excluding tert-OH is 1. The topological polar surface area (TPSA) is 371 Å². The number of rotatable bonds is 31. The van der Waals surface area contributed by atoms with Crippen LogP contribution in [0.3, 0.4) is 0 Å². The Balaban J connectivity index is 0.661. The van der Waals surface area contributed by atoms with E-state index >= 15 is 0 Å². The van der Waals surface area contributed by atoms with Crippen molar-refractivity contribution in [3.05, 3.63) is 125 Å². The lowest BCUT2D eigenvalue weighted by Crippen LogP contribution is -2.64. The Morgan fingerprint density at radius 1 is 0.790 bits per heavy atom. The van der Waals surface area contributed by atoms with Crippen molar-refractivity contribution in [1.82, 2.24) is 40.2 Å². The number of methoxy groups -OCH3 is 2. The first kappa shape index (κ1) is 74.6. The molecule has 6 heterocycles. The summed E-state index contributed by atoms with van der Waals surface area (Å²) in [7, 11) is 3.15. The van der Waals surface area contributed by atoms with Gasteiger partial charge in [-0.15, -0.1) is 0 Å². The molecule has 5 atom stereocenters. The second-order valence-corrected chi connectivity index (χ2v) is 29.8. The number of nitrogens with zero attached hydrogens (tertiary/aromatic N) is 7. The Kier molecular flexibility index (Phi) is 22.5. The van der Waals surface area contributed by atoms with E-state index in [0.717, 1.165) is 82.6 Å². The van der Waals surface area contributed by atoms with Gasteiger partial charge in [0.2, 0.25) is 24.0 Å². The number of imide groups is 1. The lowest BCUT2D eigenvalue weighted by molar-refractivity contribution is -0.248. The van der Waals surface area contributed by atoms with Gasteiger partial charge in [0.15, 0.2) is 16.9 Å². The third-order valence-corrected chi connectivity index (χ3v) is 21.3. The second-order valence-electron chi connectivity index (χ2n) is 28.8. The SMILES string of the molecule is COCCN(CCOC12CC3(C)CC(C)(CC(Cn4ncc(-c5ccc(N6CCc7c(OC)ccc(C(=O)Nc8nc9ccccc9s8)c7C6)nc5C(=O)O)c4C)(C3)C1)C2)C(=O)OC/C=C/c1ccc(O[C@H]2C[C@@H](O)C[C@@H](C(=O)O)O2)c(NC(=O)CCNC(=O)CCNC(=O)CCN2C(=O)C=CC2=O)c1. The Labute approximate surface area is 609 Å². The number of aromatic nitrogens is 4. The van der Waals surface area contributed by atoms with E-state index in [1.807, 2.05) is 46.8 Å². The summed E-state index contributed by atoms with van der Waals surface area (Å²) in [5.41, 5.74) is 4.60. The fourth-order valence-corrected chi connectivity index (χ4v) is 17.8. The summed E-state index contributed by atoms with van der Waals surface area (Å²) in [6.07, 6.45) is 8.41. The number of pyridine rings is 1. The summed E-state index contributed by atoms with van der Waals surface area (Å²) in [5.74, 6) is -4.03. The minimum absolute atomic E-state index is 0.0308. The summed E-state index contributed by atoms with van der Waals surface area (Å²) in [4.78, 5) is 129. The molecule has 13 rings (SSSR count). The molecule has 7 N–H and O–H groups in total. The van der Waals surface area contributed by atoms with Crippen molar-refractivity contribution in [3.8, 4) is 22.6 Å². The predicted molar refractivity (Wildman–Crippen MR) is 384 cm³/mol. The monoisotopic (exact) mass is 1460 g/mol. The molecule has 0 radical (unpaired) electrons. The molecule has 105 heavy (non-hydrogen) atoms. The predicted octanol–water partition coefficient (Wildman–Crippen LogP) is 7.91. The second kappa shape index (κ2) is 31.7. The fraction of sp³-hybridized carbons (Fsp3) is 0.467. The van der Waals surface area contributed by atoms with Gasteiger partial charge in [-0.3, -0.25) is 43.7 Å². The molecule has 29 nitrogen and oxygen atoms in total. The first-order chi connectivity index (χ1) is 50.3. The van der Waals surface area contributed by atoms with Crippen molar-refractivity contribution in [2.75, 3.05) is 88.8 Å². The van der Waals surface area contributed by atoms with Crippen molar-refractivity contribution in [2.45, 2.75) is 135 Å². The summed E-state index contributed by atoms with van der Waals surface area (Å²) in [6.45, 7) is 8.58. The van der Waals surface area contributed by atoms with Crippen LogP contribution in [-0.2, 0) is 67.2 Å². The summed E-state index contributed by atoms with van der Waals surface area (Å²) < 4.78 is 38.7. The van der Waals surface area contributed by atoms with E-state index < -0.39 is 71.7 Å². The minimum Gasteiger partial charge on any atom is -0.496 e. The normalized spacial score (nSPS) is 23.0. The maximum absolute atomic E-state index is 14.0. The lowest BCUT2D eigenvalue weighted by Gasteiger charge is -2.69. The van der Waals surface area contributed by atoms with Gasteiger partial charge in [-0.1, -0.05) is 49.5 Å². The van der Waals surface area contributed by atoms with E-state index in [0.29, 0.717) is 58.5 Å². The molecule has 556 valence electrons. The summed E-state index contributed by atoms with van der Waals surface area (Å²) >= 11 is 1.39. The molecule has 4 bridgehead atoms. The number of amides is 7. The van der Waals surface area contributed by atoms with Crippen LogP contribution in [-0.4, -0.2) is 196 Å². The van der Waals surface area contributed by atoms with Gasteiger partial charge in [0.1, 0.15) is 23.9 Å². The molecule has 1 saturated heterocycles. The molecule has 6 aromatic rings. The van der Waals surface area contributed by atoms with Crippen LogP contribution in [0, 0.1) is 23.2 Å². The Morgan fingerprint density at radius 3 is 2.24 bits per heavy atom. The van der Waals surface area contributed by atoms with E-state index in [9.17, 15) is 58.5 Å². The number of aliphatic hydroxyl groups is 1. The molecule has 2 unspecified atom stereocenters. The number of carbonyl (C=O) groups excluding carboxylic acids is 7. The number of anilines is 3. The van der Waals surface area contributed by atoms with Crippen LogP contribution in [0.1, 0.15) is 128 Å². The Hall–Kier alpha value is -10.1. The van der Waals surface area contributed by atoms with Crippen molar-refractivity contribution in [1.29, 1.82) is 0 Å². The summed E-state index contributed by atoms with van der Waals surface area (Å²) in [5, 5.41) is 47.3. The lowest BCUT2D eigenvalue weighted by atomic mass is 9.39. The standard InChI is InChI=1S/C75H87N11O18S/c1-45-51(49-14-17-59(81-66(49)69(96)97)84-26-22-48-52(37-84)50(13-16-55(48)100-5)67(93)82-70-80-53-10-6-7-11-58(53)105-70)36-78-86(45)44-74-39-72(2)38-73(3,40-74)42-75(41-72,43-74)102-32-29-83(28-31-99-4)71(98)101-30-8-9-46-12-15-56(103-65-35-47(87)34-57(104-65)68(94)95)54(33-46)79-62(90)21-25-76-60(88)20-24-77-61(89)23-27-85-63(91)18-19-64(85)92/h6-19,33,36,47,57,65,87H,20-32,34-35,37-44H2,1-5H3,(H,76,88)(H,77,89)(H,79,90)(H,94,95)(H,96,97)(H,80,82,93)/b9-8+/t47-,57-,65+,72?,73?,74?,75?/m0/s1. The van der Waals surface area contributed by atoms with Crippen LogP contribution >= 0.6 is 11.3 Å². The zero-order chi connectivity index (χ0) is 74.4. The van der Waals surface area contributed by atoms with Gasteiger partial charge in [-0.2, -0.15) is 5.10 Å². The zero-order valence-corrected chi connectivity index (χ0v) is 60.1. The average Bonchev–Trinajstić information content (AvgIpc) is 0.964. The third kappa shape index (κ3) is 17.5. The molecule has 3 aliphatic heterocycles. The number of carbonyl (C=O) groups is 9. The first-order valence-electron chi connectivity index (χ1n) is 35.1. The van der Waals surface area contributed by atoms with Gasteiger partial charge in [0.25, 0.3) is 17.7 Å². The van der Waals surface area contributed by atoms with E-state index in [2.05, 4.69) is 40.1 Å². The quantitative estimate of drug-likeness (QED) is 0.0203. The highest BCUT2D eigenvalue weighted by molar-refractivity contribution is 7.22. The van der Waals surface area contributed by atoms with Gasteiger partial charge < -0.3 is 69.5 Å². The number of thiazole rings is 1. The van der Waals surface area contributed by atoms with E-state index in [-0.39, 0.29) is 130 Å². The van der Waals surface area contributed by atoms with Crippen LogP contribution in [0.5, 0.6) is 11.5 Å². The smallest absolute Gasteiger partial charge is 0.410 e. The van der Waals surface area contributed by atoms with E-state index in [1.165, 1.54) is 17.4 Å². The van der Waals surface area contributed by atoms with Gasteiger partial charge in [-0.25, -0.2) is 24.4 Å². The number of para-hydroxylation sites is 1. The molecule has 7 aliphatic rings. The maximum atomic E-state index is 14.0. The largest absolute Gasteiger partial charge is 0.496 e. The van der Waals surface area contributed by atoms with Gasteiger partial charge in [-0.05, 0) is 134 Å². The molecular weight excluding hydrogens is 1370 g/mol. The number of hydrogen-bond acceptors (Lipinski definition) is 21. The van der Waals surface area contributed by atoms with Crippen LogP contribution in [0.4, 0.5) is 21.4 Å². The minimum atomic E-state index is -1.34. The van der Waals surface area contributed by atoms with Gasteiger partial charge in [0, 0.05) is 132 Å². The zero-order valence-electron chi connectivity index (χ0n) is 59.2. The highest BCUT2D eigenvalue weighted by Crippen LogP contribution is 2.72. The van der Waals surface area contributed by atoms with Crippen molar-refractivity contribution in [2.24, 2.45) is 16.2 Å². The summed E-state index contributed by atoms with van der Waals surface area (Å²) in [6, 6.07) is 19.6. The van der Waals surface area contributed by atoms with Crippen molar-refractivity contribution >= 4 is 97.7 Å². The number of carboxylic acids is 2. The molecule has 3 aromatic heterocycles. The molecule has 4 aliphatic carbocycles. The highest BCUT2D eigenvalue weighted by atomic mass is 32.1. The molecule has 7 amide bonds. The molecule has 30 heteroatoms. The molecule has 3 aromatic carbocycles. The van der Waals surface area contributed by atoms with E-state index in [4.69, 9.17) is 38.5 Å². The average molecular weight is 1460 g/mol. The molecular formula is C75H87N11O18S. The van der Waals surface area contributed by atoms with Crippen LogP contribution in [0.2, 0.25) is 0 Å². The number of aromatic carboxylic acids is 1. The van der Waals surface area contributed by atoms with Crippen molar-refractivity contribution < 1.29 is 86.9 Å². The third-order valence-electron chi connectivity index (χ3n) is 20.4. The molecule has 5 fully saturated rings. The number of hydrogen-bond donors (Lipinski definition) is 7. The number of carboxylic acid groups (broad SMARTS) is 2. The number of nitrogens with one attached hydrogen (secondary N) is 4. The first-order valence-corrected chi connectivity index (χ1v) is 36.0. The van der Waals surface area contributed by atoms with Crippen LogP contribution in [0.25, 0.3) is 27.4 Å². The molecule has 0 spiro atoms. The Bertz CT molecular complexity index is 4350. The number of aliphatic carboxylic acids is 1. The number of benzene rings is 3. The number of ether oxygens (including phenoxy) is 6. The van der Waals surface area contributed by atoms with Crippen LogP contribution < -0.4 is 35.6 Å². The van der Waals surface area contributed by atoms with Gasteiger partial charge >= 0.3 is 18.0 Å². The van der Waals surface area contributed by atoms with Crippen LogP contribution in [0.15, 0.2) is 91.2 Å². The Morgan fingerprint density at radius 2 is 1.51 bits per heavy atom. The number of fused-ring (bicyclic) bond motifs is 2. The maximum Gasteiger partial charge on any atom is 0.410 e. The van der Waals surface area contributed by atoms with Gasteiger partial charge in [0.05, 0.1) is 54.1 Å². The molecule has 4 saturated carbocycles. The fourth-order valence-electron chi connectivity index (χ4n) is 16.9. The van der Waals surface area contributed by atoms with Crippen molar-refractivity contribution in [3.63, 3.8) is 0 Å². The highest BCUT2D eigenvalue weighted by Gasteiger charge is 2.66.